The summed E-state index contributed by atoms with van der Waals surface area (Å²) < 4.78 is 0. The molecule has 9 heavy (non-hydrogen) atoms. The summed E-state index contributed by atoms with van der Waals surface area (Å²) in [6.07, 6.45) is 2.09. The maximum Gasteiger partial charge on any atom is 0.327 e. The van der Waals surface area contributed by atoms with E-state index >= 15 is 0 Å². The Hall–Kier alpha value is -0.610. The van der Waals surface area contributed by atoms with Gasteiger partial charge in [-0.1, -0.05) is 13.3 Å². The molecule has 2 N–H and O–H groups in total. The van der Waals surface area contributed by atoms with Crippen molar-refractivity contribution in [3.8, 4) is 0 Å². The van der Waals surface area contributed by atoms with Crippen molar-refractivity contribution in [2.75, 3.05) is 0 Å². The van der Waals surface area contributed by atoms with Crippen LogP contribution in [-0.2, 0) is 9.63 Å². The zero-order valence-electron chi connectivity index (χ0n) is 5.39. The average molecular weight is 133 g/mol. The normalized spacial score (nSPS) is 9.11. The smallest absolute Gasteiger partial charge is 0.327 e. The third kappa shape index (κ3) is 5.26. The molecule has 0 rings (SSSR count). The van der Waals surface area contributed by atoms with Gasteiger partial charge in [-0.3, -0.25) is 10.0 Å². The third-order valence-corrected chi connectivity index (χ3v) is 0.894. The van der Waals surface area contributed by atoms with E-state index in [9.17, 15) is 4.79 Å². The van der Waals surface area contributed by atoms with Crippen LogP contribution in [0.4, 0.5) is 0 Å². The van der Waals surface area contributed by atoms with Gasteiger partial charge in [-0.2, -0.15) is 0 Å². The molecule has 0 aromatic heterocycles. The van der Waals surface area contributed by atoms with Crippen LogP contribution in [0.3, 0.4) is 0 Å². The highest BCUT2D eigenvalue weighted by atomic mass is 16.8. The van der Waals surface area contributed by atoms with Crippen LogP contribution < -0.4 is 5.64 Å². The van der Waals surface area contributed by atoms with Crippen LogP contribution >= 0.6 is 0 Å². The topological polar surface area (TPSA) is 58.6 Å². The first-order chi connectivity index (χ1) is 4.31. The SMILES string of the molecule is CCCCC(=O)ONO. The lowest BCUT2D eigenvalue weighted by Crippen LogP contribution is -2.15. The summed E-state index contributed by atoms with van der Waals surface area (Å²) in [5.41, 5.74) is 1.33. The minimum atomic E-state index is -0.431. The van der Waals surface area contributed by atoms with Crippen LogP contribution in [0.25, 0.3) is 0 Å². The van der Waals surface area contributed by atoms with Crippen molar-refractivity contribution in [1.82, 2.24) is 5.64 Å². The number of rotatable bonds is 4. The van der Waals surface area contributed by atoms with E-state index in [1.54, 1.807) is 0 Å². The minimum Gasteiger partial charge on any atom is -0.345 e. The fourth-order valence-corrected chi connectivity index (χ4v) is 0.423. The first-order valence-electron chi connectivity index (χ1n) is 2.90. The van der Waals surface area contributed by atoms with E-state index in [1.807, 2.05) is 6.92 Å². The van der Waals surface area contributed by atoms with Gasteiger partial charge in [0.25, 0.3) is 0 Å². The molecule has 0 bridgehead atoms. The maximum absolute atomic E-state index is 10.4. The number of hydrogen-bond donors (Lipinski definition) is 2. The van der Waals surface area contributed by atoms with Gasteiger partial charge in [-0.05, 0) is 12.1 Å². The molecule has 0 aliphatic carbocycles. The second-order valence-electron chi connectivity index (χ2n) is 1.67. The number of unbranched alkanes of at least 4 members (excludes halogenated alkanes) is 1. The number of carbonyl (C=O) groups excluding carboxylic acids is 1. The fourth-order valence-electron chi connectivity index (χ4n) is 0.423. The molecule has 0 aliphatic heterocycles. The second kappa shape index (κ2) is 5.53. The highest BCUT2D eigenvalue weighted by Crippen LogP contribution is 1.93. The van der Waals surface area contributed by atoms with E-state index in [0.29, 0.717) is 6.42 Å². The molecule has 0 aromatic rings. The van der Waals surface area contributed by atoms with Gasteiger partial charge in [-0.15, -0.1) is 0 Å². The number of carbonyl (C=O) groups is 1. The summed E-state index contributed by atoms with van der Waals surface area (Å²) >= 11 is 0. The Bertz CT molecular complexity index is 84.3. The van der Waals surface area contributed by atoms with Crippen LogP contribution in [0.15, 0.2) is 0 Å². The van der Waals surface area contributed by atoms with Crippen molar-refractivity contribution < 1.29 is 14.8 Å². The summed E-state index contributed by atoms with van der Waals surface area (Å²) in [5.74, 6) is -0.431. The van der Waals surface area contributed by atoms with Gasteiger partial charge >= 0.3 is 5.97 Å². The molecule has 0 saturated carbocycles. The fraction of sp³-hybridized carbons (Fsp3) is 0.800. The molecule has 0 aliphatic rings. The summed E-state index contributed by atoms with van der Waals surface area (Å²) in [5, 5.41) is 7.84. The summed E-state index contributed by atoms with van der Waals surface area (Å²) in [7, 11) is 0. The van der Waals surface area contributed by atoms with E-state index in [2.05, 4.69) is 4.84 Å². The average Bonchev–Trinajstić information content (AvgIpc) is 1.85. The molecular weight excluding hydrogens is 122 g/mol. The molecule has 54 valence electrons. The molecule has 0 fully saturated rings. The van der Waals surface area contributed by atoms with Gasteiger partial charge in [0.05, 0.1) is 0 Å². The van der Waals surface area contributed by atoms with Crippen LogP contribution in [-0.4, -0.2) is 11.2 Å². The lowest BCUT2D eigenvalue weighted by molar-refractivity contribution is -0.176. The van der Waals surface area contributed by atoms with Gasteiger partial charge in [0.2, 0.25) is 0 Å². The van der Waals surface area contributed by atoms with Gasteiger partial charge in [0.15, 0.2) is 0 Å². The molecule has 0 saturated heterocycles. The molecule has 0 atom stereocenters. The molecule has 0 radical (unpaired) electrons. The zero-order chi connectivity index (χ0) is 7.11. The zero-order valence-corrected chi connectivity index (χ0v) is 5.39. The quantitative estimate of drug-likeness (QED) is 0.552. The Morgan fingerprint density at radius 1 is 1.78 bits per heavy atom. The van der Waals surface area contributed by atoms with E-state index in [4.69, 9.17) is 5.21 Å². The van der Waals surface area contributed by atoms with Gasteiger partial charge in [0, 0.05) is 6.42 Å². The third-order valence-electron chi connectivity index (χ3n) is 0.894. The molecule has 4 heteroatoms. The van der Waals surface area contributed by atoms with Gasteiger partial charge in [0.1, 0.15) is 0 Å². The molecule has 0 amide bonds. The van der Waals surface area contributed by atoms with Crippen molar-refractivity contribution >= 4 is 5.97 Å². The molecule has 0 aromatic carbocycles. The lowest BCUT2D eigenvalue weighted by atomic mass is 10.3. The summed E-state index contributed by atoms with van der Waals surface area (Å²) in [6, 6.07) is 0. The first kappa shape index (κ1) is 8.39. The molecular formula is C5H11NO3. The van der Waals surface area contributed by atoms with Crippen molar-refractivity contribution in [1.29, 1.82) is 0 Å². The second-order valence-corrected chi connectivity index (χ2v) is 1.67. The van der Waals surface area contributed by atoms with Crippen LogP contribution in [0.1, 0.15) is 26.2 Å². The molecule has 0 heterocycles. The first-order valence-corrected chi connectivity index (χ1v) is 2.90. The lowest BCUT2D eigenvalue weighted by Gasteiger charge is -1.96. The van der Waals surface area contributed by atoms with Gasteiger partial charge < -0.3 is 4.84 Å². The van der Waals surface area contributed by atoms with E-state index in [0.717, 1.165) is 12.8 Å². The van der Waals surface area contributed by atoms with Gasteiger partial charge in [-0.25, -0.2) is 0 Å². The summed E-state index contributed by atoms with van der Waals surface area (Å²) in [6.45, 7) is 1.97. The highest BCUT2D eigenvalue weighted by molar-refractivity contribution is 5.68. The molecule has 0 unspecified atom stereocenters. The maximum atomic E-state index is 10.4. The van der Waals surface area contributed by atoms with E-state index in [-0.39, 0.29) is 0 Å². The largest absolute Gasteiger partial charge is 0.345 e. The Morgan fingerprint density at radius 2 is 2.44 bits per heavy atom. The van der Waals surface area contributed by atoms with E-state index in [1.165, 1.54) is 5.64 Å². The van der Waals surface area contributed by atoms with Crippen molar-refractivity contribution in [3.05, 3.63) is 0 Å². The Morgan fingerprint density at radius 3 is 2.89 bits per heavy atom. The number of hydrogen-bond acceptors (Lipinski definition) is 4. The van der Waals surface area contributed by atoms with Crippen LogP contribution in [0.5, 0.6) is 0 Å². The standard InChI is InChI=1S/C5H11NO3/c1-2-3-4-5(7)9-6-8/h6,8H,2-4H2,1H3. The highest BCUT2D eigenvalue weighted by Gasteiger charge is 1.98. The molecule has 0 spiro atoms. The van der Waals surface area contributed by atoms with E-state index < -0.39 is 5.97 Å². The monoisotopic (exact) mass is 133 g/mol. The Kier molecular flexibility index (Phi) is 5.15. The Balaban J connectivity index is 3.06. The van der Waals surface area contributed by atoms with Crippen LogP contribution in [0, 0.1) is 0 Å². The predicted molar refractivity (Wildman–Crippen MR) is 30.5 cm³/mol. The summed E-state index contributed by atoms with van der Waals surface area (Å²) in [4.78, 5) is 14.4. The van der Waals surface area contributed by atoms with Crippen molar-refractivity contribution in [2.24, 2.45) is 0 Å². The minimum absolute atomic E-state index is 0.351. The molecule has 4 nitrogen and oxygen atoms in total. The van der Waals surface area contributed by atoms with Crippen LogP contribution in [0.2, 0.25) is 0 Å². The Labute approximate surface area is 53.7 Å². The van der Waals surface area contributed by atoms with Crippen molar-refractivity contribution in [3.63, 3.8) is 0 Å². The number of nitrogens with one attached hydrogen (secondary N) is 1. The van der Waals surface area contributed by atoms with Crippen molar-refractivity contribution in [2.45, 2.75) is 26.2 Å². The predicted octanol–water partition coefficient (Wildman–Crippen LogP) is 0.614.